The number of carbonyl (C=O) groups excluding carboxylic acids is 1. The van der Waals surface area contributed by atoms with E-state index in [9.17, 15) is 4.79 Å². The van der Waals surface area contributed by atoms with Gasteiger partial charge in [0.2, 0.25) is 0 Å². The molecule has 0 bridgehead atoms. The van der Waals surface area contributed by atoms with Crippen LogP contribution in [0.25, 0.3) is 0 Å². The molecule has 0 aliphatic carbocycles. The summed E-state index contributed by atoms with van der Waals surface area (Å²) in [7, 11) is 0. The van der Waals surface area contributed by atoms with Gasteiger partial charge in [-0.1, -0.05) is 41.9 Å². The standard InChI is InChI=1S/C16H15ClN2O/c17-14-8-9-18-11-13(14)16(20)19-10-4-7-15(19)12-5-2-1-3-6-12/h1-3,5-6,8-9,11,15H,4,7,10H2. The third-order valence-corrected chi connectivity index (χ3v) is 4.03. The van der Waals surface area contributed by atoms with E-state index in [1.165, 1.54) is 5.56 Å². The molecule has 1 saturated heterocycles. The van der Waals surface area contributed by atoms with Crippen molar-refractivity contribution in [2.24, 2.45) is 0 Å². The lowest BCUT2D eigenvalue weighted by Gasteiger charge is -2.25. The van der Waals surface area contributed by atoms with Crippen LogP contribution in [0.3, 0.4) is 0 Å². The molecule has 0 N–H and O–H groups in total. The van der Waals surface area contributed by atoms with Crippen molar-refractivity contribution in [3.63, 3.8) is 0 Å². The summed E-state index contributed by atoms with van der Waals surface area (Å²) in [4.78, 5) is 18.6. The second-order valence-electron chi connectivity index (χ2n) is 4.92. The van der Waals surface area contributed by atoms with Gasteiger partial charge in [0.05, 0.1) is 16.6 Å². The van der Waals surface area contributed by atoms with Gasteiger partial charge in [-0.05, 0) is 24.5 Å². The van der Waals surface area contributed by atoms with Crippen LogP contribution in [0.4, 0.5) is 0 Å². The second kappa shape index (κ2) is 5.63. The lowest BCUT2D eigenvalue weighted by atomic mass is 10.0. The van der Waals surface area contributed by atoms with E-state index in [0.29, 0.717) is 10.6 Å². The van der Waals surface area contributed by atoms with Crippen molar-refractivity contribution < 1.29 is 4.79 Å². The number of amides is 1. The zero-order valence-electron chi connectivity index (χ0n) is 11.0. The molecule has 1 aliphatic heterocycles. The fourth-order valence-corrected chi connectivity index (χ4v) is 2.91. The van der Waals surface area contributed by atoms with Crippen LogP contribution in [0.5, 0.6) is 0 Å². The normalized spacial score (nSPS) is 18.2. The van der Waals surface area contributed by atoms with Crippen LogP contribution in [0.2, 0.25) is 5.02 Å². The monoisotopic (exact) mass is 286 g/mol. The van der Waals surface area contributed by atoms with Gasteiger partial charge < -0.3 is 4.90 Å². The predicted molar refractivity (Wildman–Crippen MR) is 78.7 cm³/mol. The molecule has 3 nitrogen and oxygen atoms in total. The third-order valence-electron chi connectivity index (χ3n) is 3.70. The van der Waals surface area contributed by atoms with Gasteiger partial charge in [0.15, 0.2) is 0 Å². The molecule has 1 unspecified atom stereocenters. The molecule has 4 heteroatoms. The maximum absolute atomic E-state index is 12.7. The number of nitrogens with zero attached hydrogens (tertiary/aromatic N) is 2. The van der Waals surface area contributed by atoms with E-state index in [1.807, 2.05) is 23.1 Å². The minimum atomic E-state index is -0.0329. The Labute approximate surface area is 123 Å². The van der Waals surface area contributed by atoms with Crippen molar-refractivity contribution >= 4 is 17.5 Å². The fourth-order valence-electron chi connectivity index (χ4n) is 2.72. The van der Waals surface area contributed by atoms with E-state index in [-0.39, 0.29) is 11.9 Å². The summed E-state index contributed by atoms with van der Waals surface area (Å²) in [5, 5.41) is 0.462. The molecule has 0 spiro atoms. The van der Waals surface area contributed by atoms with Gasteiger partial charge in [-0.15, -0.1) is 0 Å². The van der Waals surface area contributed by atoms with Gasteiger partial charge in [-0.25, -0.2) is 0 Å². The highest BCUT2D eigenvalue weighted by Gasteiger charge is 2.31. The summed E-state index contributed by atoms with van der Waals surface area (Å²) in [6.45, 7) is 0.767. The Morgan fingerprint density at radius 2 is 2.05 bits per heavy atom. The number of carbonyl (C=O) groups is 1. The van der Waals surface area contributed by atoms with Crippen molar-refractivity contribution in [3.8, 4) is 0 Å². The molecule has 1 atom stereocenters. The van der Waals surface area contributed by atoms with E-state index in [4.69, 9.17) is 11.6 Å². The minimum absolute atomic E-state index is 0.0329. The lowest BCUT2D eigenvalue weighted by Crippen LogP contribution is -2.30. The molecule has 1 aliphatic rings. The highest BCUT2D eigenvalue weighted by atomic mass is 35.5. The average molecular weight is 287 g/mol. The molecule has 1 aromatic carbocycles. The van der Waals surface area contributed by atoms with E-state index < -0.39 is 0 Å². The zero-order chi connectivity index (χ0) is 13.9. The Hall–Kier alpha value is -1.87. The number of aromatic nitrogens is 1. The largest absolute Gasteiger partial charge is 0.332 e. The first-order valence-corrected chi connectivity index (χ1v) is 7.10. The van der Waals surface area contributed by atoms with Gasteiger partial charge in [0, 0.05) is 18.9 Å². The predicted octanol–water partition coefficient (Wildman–Crippen LogP) is 3.71. The molecule has 1 fully saturated rings. The first-order chi connectivity index (χ1) is 9.77. The second-order valence-corrected chi connectivity index (χ2v) is 5.33. The summed E-state index contributed by atoms with van der Waals surface area (Å²) in [5.74, 6) is -0.0329. The zero-order valence-corrected chi connectivity index (χ0v) is 11.8. The van der Waals surface area contributed by atoms with Gasteiger partial charge >= 0.3 is 0 Å². The molecule has 2 aromatic rings. The number of benzene rings is 1. The maximum atomic E-state index is 12.7. The fraction of sp³-hybridized carbons (Fsp3) is 0.250. The van der Waals surface area contributed by atoms with Crippen molar-refractivity contribution in [2.45, 2.75) is 18.9 Å². The number of hydrogen-bond acceptors (Lipinski definition) is 2. The van der Waals surface area contributed by atoms with Gasteiger partial charge in [0.1, 0.15) is 0 Å². The van der Waals surface area contributed by atoms with Crippen LogP contribution >= 0.6 is 11.6 Å². The molecule has 0 radical (unpaired) electrons. The Balaban J connectivity index is 1.90. The maximum Gasteiger partial charge on any atom is 0.257 e. The van der Waals surface area contributed by atoms with E-state index in [2.05, 4.69) is 17.1 Å². The SMILES string of the molecule is O=C(c1cnccc1Cl)N1CCCC1c1ccccc1. The van der Waals surface area contributed by atoms with Gasteiger partial charge in [-0.2, -0.15) is 0 Å². The van der Waals surface area contributed by atoms with Gasteiger partial charge in [-0.3, -0.25) is 9.78 Å². The van der Waals surface area contributed by atoms with Crippen LogP contribution in [0, 0.1) is 0 Å². The molecule has 0 saturated carbocycles. The minimum Gasteiger partial charge on any atom is -0.332 e. The van der Waals surface area contributed by atoms with Crippen molar-refractivity contribution in [3.05, 3.63) is 64.9 Å². The molecule has 1 amide bonds. The highest BCUT2D eigenvalue weighted by Crippen LogP contribution is 2.33. The van der Waals surface area contributed by atoms with E-state index in [0.717, 1.165) is 19.4 Å². The molecule has 3 rings (SSSR count). The quantitative estimate of drug-likeness (QED) is 0.843. The topological polar surface area (TPSA) is 33.2 Å². The van der Waals surface area contributed by atoms with Crippen LogP contribution in [0.1, 0.15) is 34.8 Å². The lowest BCUT2D eigenvalue weighted by molar-refractivity contribution is 0.0735. The highest BCUT2D eigenvalue weighted by molar-refractivity contribution is 6.33. The average Bonchev–Trinajstić information content (AvgIpc) is 2.97. The number of halogens is 1. The van der Waals surface area contributed by atoms with E-state index in [1.54, 1.807) is 18.5 Å². The summed E-state index contributed by atoms with van der Waals surface area (Å²) in [5.41, 5.74) is 1.66. The van der Waals surface area contributed by atoms with Gasteiger partial charge in [0.25, 0.3) is 5.91 Å². The first kappa shape index (κ1) is 13.1. The van der Waals surface area contributed by atoms with E-state index >= 15 is 0 Å². The van der Waals surface area contributed by atoms with Crippen LogP contribution in [-0.4, -0.2) is 22.3 Å². The summed E-state index contributed by atoms with van der Waals surface area (Å²) in [6.07, 6.45) is 5.15. The van der Waals surface area contributed by atoms with Crippen molar-refractivity contribution in [1.29, 1.82) is 0 Å². The summed E-state index contributed by atoms with van der Waals surface area (Å²) in [6, 6.07) is 11.9. The van der Waals surface area contributed by atoms with Crippen LogP contribution in [0.15, 0.2) is 48.8 Å². The third kappa shape index (κ3) is 2.41. The molecule has 102 valence electrons. The summed E-state index contributed by atoms with van der Waals surface area (Å²) < 4.78 is 0. The Morgan fingerprint density at radius 3 is 2.80 bits per heavy atom. The molecule has 1 aromatic heterocycles. The Bertz CT molecular complexity index is 615. The molecular weight excluding hydrogens is 272 g/mol. The van der Waals surface area contributed by atoms with Crippen molar-refractivity contribution in [1.82, 2.24) is 9.88 Å². The number of pyridine rings is 1. The number of rotatable bonds is 2. The van der Waals surface area contributed by atoms with Crippen LogP contribution in [-0.2, 0) is 0 Å². The Kier molecular flexibility index (Phi) is 3.70. The molecule has 2 heterocycles. The first-order valence-electron chi connectivity index (χ1n) is 6.73. The van der Waals surface area contributed by atoms with Crippen molar-refractivity contribution in [2.75, 3.05) is 6.54 Å². The molecule has 20 heavy (non-hydrogen) atoms. The summed E-state index contributed by atoms with van der Waals surface area (Å²) >= 11 is 6.10. The Morgan fingerprint density at radius 1 is 1.25 bits per heavy atom. The van der Waals surface area contributed by atoms with Crippen LogP contribution < -0.4 is 0 Å². The number of likely N-dealkylation sites (tertiary alicyclic amines) is 1. The smallest absolute Gasteiger partial charge is 0.257 e. The number of hydrogen-bond donors (Lipinski definition) is 0. The molecular formula is C16H15ClN2O.